The molecule has 4 aromatic heterocycles. The second kappa shape index (κ2) is 8.24. The highest BCUT2D eigenvalue weighted by molar-refractivity contribution is 5.83. The van der Waals surface area contributed by atoms with E-state index in [1.54, 1.807) is 23.7 Å². The van der Waals surface area contributed by atoms with Crippen LogP contribution < -0.4 is 11.3 Å². The average molecular weight is 457 g/mol. The van der Waals surface area contributed by atoms with Crippen LogP contribution in [0.4, 0.5) is 5.82 Å². The first kappa shape index (κ1) is 21.0. The Hall–Kier alpha value is -4.87. The van der Waals surface area contributed by atoms with Crippen molar-refractivity contribution in [2.45, 2.75) is 13.5 Å². The first-order valence-electron chi connectivity index (χ1n) is 10.2. The Bertz CT molecular complexity index is 1580. The zero-order valence-corrected chi connectivity index (χ0v) is 18.3. The van der Waals surface area contributed by atoms with Gasteiger partial charge >= 0.3 is 5.97 Å². The Morgan fingerprint density at radius 1 is 1.06 bits per heavy atom. The maximum atomic E-state index is 12.3. The number of aryl methyl sites for hydroxylation is 1. The molecule has 0 atom stereocenters. The van der Waals surface area contributed by atoms with Crippen LogP contribution >= 0.6 is 0 Å². The number of H-pyrrole nitrogens is 1. The number of aromatic nitrogens is 8. The van der Waals surface area contributed by atoms with Gasteiger partial charge in [-0.15, -0.1) is 5.10 Å². The van der Waals surface area contributed by atoms with Gasteiger partial charge in [0.05, 0.1) is 5.69 Å². The van der Waals surface area contributed by atoms with E-state index in [-0.39, 0.29) is 29.6 Å². The standard InChI is InChI=1S/C22H19N9O3/c1-12(32)34-11-13-3-5-14(6-4-13)31-20-16(27-21(31)18-19(23)25-10-9-24-18)8-7-15(26-20)17-22(33)29-30(2)28-17/h3-10H,11H2,1-2H3,(H2,23,25)(H,29,33). The van der Waals surface area contributed by atoms with Crippen LogP contribution in [0.2, 0.25) is 0 Å². The minimum atomic E-state index is -0.355. The van der Waals surface area contributed by atoms with E-state index >= 15 is 0 Å². The summed E-state index contributed by atoms with van der Waals surface area (Å²) in [4.78, 5) is 42.6. The summed E-state index contributed by atoms with van der Waals surface area (Å²) in [5.74, 6) is 0.297. The molecule has 34 heavy (non-hydrogen) atoms. The fraction of sp³-hybridized carbons (Fsp3) is 0.136. The van der Waals surface area contributed by atoms with Gasteiger partial charge in [0.25, 0.3) is 5.56 Å². The van der Waals surface area contributed by atoms with Gasteiger partial charge in [-0.1, -0.05) is 12.1 Å². The summed E-state index contributed by atoms with van der Waals surface area (Å²) in [5, 5.41) is 6.77. The molecule has 0 aliphatic rings. The Labute approximate surface area is 192 Å². The van der Waals surface area contributed by atoms with Crippen molar-refractivity contribution in [1.82, 2.24) is 39.5 Å². The molecule has 5 rings (SSSR count). The van der Waals surface area contributed by atoms with Gasteiger partial charge in [-0.25, -0.2) is 29.8 Å². The van der Waals surface area contributed by atoms with Crippen molar-refractivity contribution in [3.63, 3.8) is 0 Å². The zero-order chi connectivity index (χ0) is 23.8. The van der Waals surface area contributed by atoms with Crippen LogP contribution in [-0.4, -0.2) is 45.5 Å². The molecule has 0 aliphatic carbocycles. The molecule has 0 spiro atoms. The number of carbonyl (C=O) groups excluding carboxylic acids is 1. The van der Waals surface area contributed by atoms with E-state index in [0.29, 0.717) is 34.1 Å². The quantitative estimate of drug-likeness (QED) is 0.374. The highest BCUT2D eigenvalue weighted by Crippen LogP contribution is 2.30. The second-order valence-electron chi connectivity index (χ2n) is 7.46. The summed E-state index contributed by atoms with van der Waals surface area (Å²) in [5.41, 5.74) is 9.30. The van der Waals surface area contributed by atoms with Gasteiger partial charge in [0, 0.05) is 32.1 Å². The number of nitrogen functional groups attached to an aromatic ring is 1. The normalized spacial score (nSPS) is 11.1. The van der Waals surface area contributed by atoms with E-state index < -0.39 is 0 Å². The van der Waals surface area contributed by atoms with Crippen molar-refractivity contribution in [1.29, 1.82) is 0 Å². The third-order valence-corrected chi connectivity index (χ3v) is 5.05. The number of nitrogens with zero attached hydrogens (tertiary/aromatic N) is 7. The molecule has 12 nitrogen and oxygen atoms in total. The molecule has 4 heterocycles. The number of fused-ring (bicyclic) bond motifs is 1. The van der Waals surface area contributed by atoms with Gasteiger partial charge in [-0.3, -0.25) is 14.2 Å². The number of aromatic amines is 1. The predicted octanol–water partition coefficient (Wildman–Crippen LogP) is 1.61. The number of benzene rings is 1. The summed E-state index contributed by atoms with van der Waals surface area (Å²) in [7, 11) is 1.63. The van der Waals surface area contributed by atoms with Crippen LogP contribution in [0.1, 0.15) is 12.5 Å². The van der Waals surface area contributed by atoms with Crippen molar-refractivity contribution < 1.29 is 9.53 Å². The lowest BCUT2D eigenvalue weighted by atomic mass is 10.2. The lowest BCUT2D eigenvalue weighted by molar-refractivity contribution is -0.142. The molecule has 5 aromatic rings. The molecule has 0 radical (unpaired) electrons. The number of pyridine rings is 1. The molecule has 3 N–H and O–H groups in total. The summed E-state index contributed by atoms with van der Waals surface area (Å²) >= 11 is 0. The van der Waals surface area contributed by atoms with Crippen LogP contribution in [0.25, 0.3) is 39.8 Å². The summed E-state index contributed by atoms with van der Waals surface area (Å²) in [6.45, 7) is 1.52. The van der Waals surface area contributed by atoms with Crippen LogP contribution in [0.5, 0.6) is 0 Å². The number of nitrogens with two attached hydrogens (primary N) is 1. The molecular weight excluding hydrogens is 438 g/mol. The van der Waals surface area contributed by atoms with Gasteiger partial charge in [0.1, 0.15) is 17.8 Å². The first-order chi connectivity index (χ1) is 16.4. The first-order valence-corrected chi connectivity index (χ1v) is 10.2. The van der Waals surface area contributed by atoms with E-state index in [1.165, 1.54) is 24.1 Å². The SMILES string of the molecule is CC(=O)OCc1ccc(-n2c(-c3nccnc3N)nc3ccc(-c4nn(C)[nH]c4=O)nc32)cc1. The fourth-order valence-electron chi connectivity index (χ4n) is 3.53. The summed E-state index contributed by atoms with van der Waals surface area (Å²) in [6, 6.07) is 10.8. The van der Waals surface area contributed by atoms with Crippen LogP contribution in [0, 0.1) is 0 Å². The Kier molecular flexibility index (Phi) is 5.09. The van der Waals surface area contributed by atoms with Crippen molar-refractivity contribution >= 4 is 23.0 Å². The summed E-state index contributed by atoms with van der Waals surface area (Å²) in [6.07, 6.45) is 3.03. The molecule has 12 heteroatoms. The van der Waals surface area contributed by atoms with Crippen LogP contribution in [-0.2, 0) is 23.2 Å². The third-order valence-electron chi connectivity index (χ3n) is 5.05. The molecule has 0 saturated carbocycles. The molecule has 0 fully saturated rings. The van der Waals surface area contributed by atoms with Gasteiger partial charge < -0.3 is 10.5 Å². The van der Waals surface area contributed by atoms with E-state index in [9.17, 15) is 9.59 Å². The van der Waals surface area contributed by atoms with Crippen molar-refractivity contribution in [2.24, 2.45) is 7.05 Å². The van der Waals surface area contributed by atoms with E-state index in [4.69, 9.17) is 20.4 Å². The minimum absolute atomic E-state index is 0.162. The van der Waals surface area contributed by atoms with E-state index in [2.05, 4.69) is 20.2 Å². The lowest BCUT2D eigenvalue weighted by Crippen LogP contribution is -2.06. The third kappa shape index (κ3) is 3.77. The minimum Gasteiger partial charge on any atom is -0.461 e. The van der Waals surface area contributed by atoms with Crippen molar-refractivity contribution in [3.05, 3.63) is 64.7 Å². The molecule has 0 bridgehead atoms. The fourth-order valence-corrected chi connectivity index (χ4v) is 3.53. The molecule has 0 aliphatic heterocycles. The monoisotopic (exact) mass is 457 g/mol. The average Bonchev–Trinajstić information content (AvgIpc) is 3.36. The van der Waals surface area contributed by atoms with Crippen molar-refractivity contribution in [2.75, 3.05) is 5.73 Å². The van der Waals surface area contributed by atoms with Crippen molar-refractivity contribution in [3.8, 4) is 28.6 Å². The Morgan fingerprint density at radius 2 is 1.82 bits per heavy atom. The number of hydrogen-bond acceptors (Lipinski definition) is 9. The Morgan fingerprint density at radius 3 is 2.50 bits per heavy atom. The van der Waals surface area contributed by atoms with Gasteiger partial charge in [0.15, 0.2) is 23.0 Å². The number of nitrogens with one attached hydrogen (secondary N) is 1. The molecule has 0 unspecified atom stereocenters. The topological polar surface area (TPSA) is 159 Å². The number of ether oxygens (including phenoxy) is 1. The predicted molar refractivity (Wildman–Crippen MR) is 123 cm³/mol. The van der Waals surface area contributed by atoms with E-state index in [0.717, 1.165) is 5.56 Å². The highest BCUT2D eigenvalue weighted by atomic mass is 16.5. The maximum Gasteiger partial charge on any atom is 0.302 e. The number of imidazole rings is 1. The number of anilines is 1. The smallest absolute Gasteiger partial charge is 0.302 e. The number of esters is 1. The zero-order valence-electron chi connectivity index (χ0n) is 18.3. The van der Waals surface area contributed by atoms with Gasteiger partial charge in [0.2, 0.25) is 0 Å². The number of carbonyl (C=O) groups is 1. The number of rotatable bonds is 5. The summed E-state index contributed by atoms with van der Waals surface area (Å²) < 4.78 is 6.85. The lowest BCUT2D eigenvalue weighted by Gasteiger charge is -2.10. The highest BCUT2D eigenvalue weighted by Gasteiger charge is 2.21. The maximum absolute atomic E-state index is 12.3. The Balaban J connectivity index is 1.71. The molecule has 0 amide bonds. The second-order valence-corrected chi connectivity index (χ2v) is 7.46. The van der Waals surface area contributed by atoms with Gasteiger partial charge in [-0.05, 0) is 29.8 Å². The molecular formula is C22H19N9O3. The number of hydrogen-bond donors (Lipinski definition) is 2. The largest absolute Gasteiger partial charge is 0.461 e. The molecule has 170 valence electrons. The van der Waals surface area contributed by atoms with Crippen LogP contribution in [0.15, 0.2) is 53.6 Å². The van der Waals surface area contributed by atoms with Crippen LogP contribution in [0.3, 0.4) is 0 Å². The van der Waals surface area contributed by atoms with Gasteiger partial charge in [-0.2, -0.15) is 0 Å². The molecule has 1 aromatic carbocycles. The molecule has 0 saturated heterocycles. The van der Waals surface area contributed by atoms with E-state index in [1.807, 2.05) is 24.3 Å².